The Labute approximate surface area is 195 Å². The molecule has 5 rings (SSSR count). The van der Waals surface area contributed by atoms with E-state index in [-0.39, 0.29) is 41.3 Å². The van der Waals surface area contributed by atoms with Gasteiger partial charge in [0.25, 0.3) is 0 Å². The first-order valence-corrected chi connectivity index (χ1v) is 12.4. The number of ketones is 1. The van der Waals surface area contributed by atoms with Crippen LogP contribution in [0.3, 0.4) is 0 Å². The molecule has 1 aromatic rings. The predicted octanol–water partition coefficient (Wildman–Crippen LogP) is 5.29. The van der Waals surface area contributed by atoms with Crippen molar-refractivity contribution in [2.24, 2.45) is 28.6 Å². The summed E-state index contributed by atoms with van der Waals surface area (Å²) in [5.41, 5.74) is 1.58. The van der Waals surface area contributed by atoms with E-state index in [1.54, 1.807) is 12.1 Å². The van der Waals surface area contributed by atoms with E-state index in [0.29, 0.717) is 23.8 Å². The standard InChI is InChI=1S/C28H34O5/c1-17(29)32-20-11-13-27(2)19(15-20)9-10-21-22(27)12-14-28(3)24(30)16-23(25(21)28)33-26(31)18-7-5-4-6-8-18/h4-9,20-23,25H,10-16H2,1-3H3. The number of rotatable bonds is 3. The lowest BCUT2D eigenvalue weighted by Gasteiger charge is -2.57. The molecule has 3 fully saturated rings. The molecular formula is C28H34O5. The molecule has 33 heavy (non-hydrogen) atoms. The number of carbonyl (C=O) groups excluding carboxylic acids is 3. The topological polar surface area (TPSA) is 69.7 Å². The summed E-state index contributed by atoms with van der Waals surface area (Å²) >= 11 is 0. The van der Waals surface area contributed by atoms with E-state index in [2.05, 4.69) is 19.9 Å². The van der Waals surface area contributed by atoms with Crippen LogP contribution in [0.25, 0.3) is 0 Å². The van der Waals surface area contributed by atoms with E-state index in [1.807, 2.05) is 18.2 Å². The fourth-order valence-electron chi connectivity index (χ4n) is 7.67. The monoisotopic (exact) mass is 450 g/mol. The van der Waals surface area contributed by atoms with Gasteiger partial charge in [0.1, 0.15) is 18.0 Å². The Bertz CT molecular complexity index is 997. The Morgan fingerprint density at radius 2 is 1.70 bits per heavy atom. The summed E-state index contributed by atoms with van der Waals surface area (Å²) in [5.74, 6) is 0.534. The van der Waals surface area contributed by atoms with E-state index >= 15 is 0 Å². The fourth-order valence-corrected chi connectivity index (χ4v) is 7.67. The van der Waals surface area contributed by atoms with Crippen molar-refractivity contribution >= 4 is 17.7 Å². The van der Waals surface area contributed by atoms with Crippen LogP contribution in [-0.4, -0.2) is 29.9 Å². The molecule has 5 nitrogen and oxygen atoms in total. The largest absolute Gasteiger partial charge is 0.462 e. The molecule has 0 amide bonds. The minimum absolute atomic E-state index is 0.0279. The van der Waals surface area contributed by atoms with Crippen molar-refractivity contribution in [2.45, 2.75) is 77.9 Å². The highest BCUT2D eigenvalue weighted by Gasteiger charge is 2.62. The molecule has 1 aromatic carbocycles. The van der Waals surface area contributed by atoms with Crippen molar-refractivity contribution in [1.82, 2.24) is 0 Å². The van der Waals surface area contributed by atoms with Crippen molar-refractivity contribution < 1.29 is 23.9 Å². The lowest BCUT2D eigenvalue weighted by molar-refractivity contribution is -0.149. The second-order valence-electron chi connectivity index (χ2n) is 11.0. The van der Waals surface area contributed by atoms with Gasteiger partial charge in [0.05, 0.1) is 5.56 Å². The number of fused-ring (bicyclic) bond motifs is 5. The SMILES string of the molecule is CC(=O)OC1CCC2(C)C(=CCC3C2CCC2(C)C(=O)CC(OC(=O)c4ccccc4)C32)C1. The molecule has 4 aliphatic carbocycles. The molecule has 0 N–H and O–H groups in total. The predicted molar refractivity (Wildman–Crippen MR) is 123 cm³/mol. The van der Waals surface area contributed by atoms with Gasteiger partial charge in [-0.25, -0.2) is 4.79 Å². The first kappa shape index (κ1) is 22.4. The molecule has 0 saturated heterocycles. The third-order valence-electron chi connectivity index (χ3n) is 9.33. The Hall–Kier alpha value is -2.43. The minimum Gasteiger partial charge on any atom is -0.462 e. The van der Waals surface area contributed by atoms with Gasteiger partial charge in [-0.05, 0) is 61.5 Å². The number of ether oxygens (including phenoxy) is 2. The summed E-state index contributed by atoms with van der Waals surface area (Å²) in [6.07, 6.45) is 7.74. The van der Waals surface area contributed by atoms with Crippen molar-refractivity contribution in [3.05, 3.63) is 47.5 Å². The third-order valence-corrected chi connectivity index (χ3v) is 9.33. The molecular weight excluding hydrogens is 416 g/mol. The number of hydrogen-bond donors (Lipinski definition) is 0. The summed E-state index contributed by atoms with van der Waals surface area (Å²) in [5, 5.41) is 0. The van der Waals surface area contributed by atoms with Crippen LogP contribution in [0.4, 0.5) is 0 Å². The van der Waals surface area contributed by atoms with E-state index in [1.165, 1.54) is 12.5 Å². The maximum absolute atomic E-state index is 13.2. The number of carbonyl (C=O) groups is 3. The maximum Gasteiger partial charge on any atom is 0.338 e. The molecule has 0 spiro atoms. The van der Waals surface area contributed by atoms with Gasteiger partial charge >= 0.3 is 11.9 Å². The van der Waals surface area contributed by atoms with Crippen LogP contribution in [0.1, 0.15) is 76.1 Å². The van der Waals surface area contributed by atoms with Crippen molar-refractivity contribution in [3.8, 4) is 0 Å². The molecule has 3 saturated carbocycles. The van der Waals surface area contributed by atoms with Gasteiger partial charge in [0, 0.05) is 31.1 Å². The van der Waals surface area contributed by atoms with Crippen LogP contribution in [0.5, 0.6) is 0 Å². The summed E-state index contributed by atoms with van der Waals surface area (Å²) in [7, 11) is 0. The highest BCUT2D eigenvalue weighted by molar-refractivity contribution is 5.91. The number of esters is 2. The fraction of sp³-hybridized carbons (Fsp3) is 0.607. The number of hydrogen-bond acceptors (Lipinski definition) is 5. The molecule has 7 atom stereocenters. The van der Waals surface area contributed by atoms with Gasteiger partial charge < -0.3 is 9.47 Å². The van der Waals surface area contributed by atoms with Crippen molar-refractivity contribution in [2.75, 3.05) is 0 Å². The lowest BCUT2D eigenvalue weighted by atomic mass is 9.48. The molecule has 0 aromatic heterocycles. The Morgan fingerprint density at radius 3 is 2.42 bits per heavy atom. The smallest absolute Gasteiger partial charge is 0.338 e. The summed E-state index contributed by atoms with van der Waals surface area (Å²) in [6.45, 7) is 5.95. The Morgan fingerprint density at radius 1 is 0.970 bits per heavy atom. The second kappa shape index (κ2) is 8.11. The van der Waals surface area contributed by atoms with Crippen molar-refractivity contribution in [1.29, 1.82) is 0 Å². The van der Waals surface area contributed by atoms with E-state index < -0.39 is 5.41 Å². The van der Waals surface area contributed by atoms with Gasteiger partial charge in [-0.3, -0.25) is 9.59 Å². The third kappa shape index (κ3) is 3.64. The zero-order chi connectivity index (χ0) is 23.4. The van der Waals surface area contributed by atoms with Gasteiger partial charge in [-0.2, -0.15) is 0 Å². The van der Waals surface area contributed by atoms with Gasteiger partial charge in [-0.1, -0.05) is 43.7 Å². The van der Waals surface area contributed by atoms with Crippen LogP contribution in [0.2, 0.25) is 0 Å². The van der Waals surface area contributed by atoms with E-state index in [4.69, 9.17) is 9.47 Å². The van der Waals surface area contributed by atoms with E-state index in [9.17, 15) is 14.4 Å². The zero-order valence-electron chi connectivity index (χ0n) is 19.8. The quantitative estimate of drug-likeness (QED) is 0.463. The van der Waals surface area contributed by atoms with Crippen LogP contribution in [0, 0.1) is 28.6 Å². The minimum atomic E-state index is -0.417. The molecule has 0 aliphatic heterocycles. The lowest BCUT2D eigenvalue weighted by Crippen LogP contribution is -2.52. The molecule has 7 unspecified atom stereocenters. The normalized spacial score (nSPS) is 39.5. The Kier molecular flexibility index (Phi) is 5.49. The van der Waals surface area contributed by atoms with Gasteiger partial charge in [-0.15, -0.1) is 0 Å². The summed E-state index contributed by atoms with van der Waals surface area (Å²) < 4.78 is 11.6. The summed E-state index contributed by atoms with van der Waals surface area (Å²) in [4.78, 5) is 37.5. The maximum atomic E-state index is 13.2. The molecule has 5 heteroatoms. The first-order chi connectivity index (χ1) is 15.7. The second-order valence-corrected chi connectivity index (χ2v) is 11.0. The average Bonchev–Trinajstić information content (AvgIpc) is 3.04. The molecule has 0 bridgehead atoms. The molecule has 176 valence electrons. The van der Waals surface area contributed by atoms with Gasteiger partial charge in [0.15, 0.2) is 0 Å². The number of Topliss-reactive ketones (excluding diaryl/α,β-unsaturated/α-hetero) is 1. The van der Waals surface area contributed by atoms with Crippen LogP contribution in [0.15, 0.2) is 42.0 Å². The number of allylic oxidation sites excluding steroid dienone is 1. The molecule has 0 radical (unpaired) electrons. The first-order valence-electron chi connectivity index (χ1n) is 12.4. The zero-order valence-corrected chi connectivity index (χ0v) is 19.8. The molecule has 0 heterocycles. The van der Waals surface area contributed by atoms with Crippen LogP contribution >= 0.6 is 0 Å². The molecule has 4 aliphatic rings. The Balaban J connectivity index is 1.41. The van der Waals surface area contributed by atoms with Gasteiger partial charge in [0.2, 0.25) is 0 Å². The number of benzene rings is 1. The van der Waals surface area contributed by atoms with Crippen molar-refractivity contribution in [3.63, 3.8) is 0 Å². The highest BCUT2D eigenvalue weighted by Crippen LogP contribution is 2.64. The van der Waals surface area contributed by atoms with Crippen LogP contribution in [-0.2, 0) is 19.1 Å². The summed E-state index contributed by atoms with van der Waals surface area (Å²) in [6, 6.07) is 9.07. The van der Waals surface area contributed by atoms with Crippen LogP contribution < -0.4 is 0 Å². The van der Waals surface area contributed by atoms with E-state index in [0.717, 1.165) is 38.5 Å². The average molecular weight is 451 g/mol. The highest BCUT2D eigenvalue weighted by atomic mass is 16.5.